The second-order valence-corrected chi connectivity index (χ2v) is 6.41. The van der Waals surface area contributed by atoms with Crippen LogP contribution < -0.4 is 5.32 Å². The molecule has 0 radical (unpaired) electrons. The van der Waals surface area contributed by atoms with Gasteiger partial charge in [-0.15, -0.1) is 10.2 Å². The SMILES string of the molecule is O=C(O)CSc1nnc(Nc2cccc3ccccc23)s1. The molecular weight excluding hydrogens is 306 g/mol. The zero-order valence-corrected chi connectivity index (χ0v) is 12.4. The molecule has 3 rings (SSSR count). The van der Waals surface area contributed by atoms with E-state index in [1.165, 1.54) is 23.1 Å². The Morgan fingerprint density at radius 1 is 1.19 bits per heavy atom. The first kappa shape index (κ1) is 13.8. The van der Waals surface area contributed by atoms with Crippen molar-refractivity contribution in [3.8, 4) is 0 Å². The summed E-state index contributed by atoms with van der Waals surface area (Å²) in [6.07, 6.45) is 0. The van der Waals surface area contributed by atoms with Crippen molar-refractivity contribution >= 4 is 50.7 Å². The van der Waals surface area contributed by atoms with Crippen LogP contribution >= 0.6 is 23.1 Å². The van der Waals surface area contributed by atoms with Crippen LogP contribution in [0.25, 0.3) is 10.8 Å². The topological polar surface area (TPSA) is 75.1 Å². The van der Waals surface area contributed by atoms with Crippen LogP contribution in [0.5, 0.6) is 0 Å². The number of nitrogens with one attached hydrogen (secondary N) is 1. The number of hydrogen-bond acceptors (Lipinski definition) is 6. The minimum atomic E-state index is -0.862. The number of thioether (sulfide) groups is 1. The van der Waals surface area contributed by atoms with Crippen molar-refractivity contribution in [2.24, 2.45) is 0 Å². The molecule has 2 N–H and O–H groups in total. The van der Waals surface area contributed by atoms with Crippen molar-refractivity contribution in [2.45, 2.75) is 4.34 Å². The average molecular weight is 317 g/mol. The van der Waals surface area contributed by atoms with E-state index in [0.717, 1.165) is 16.5 Å². The molecule has 1 aromatic heterocycles. The number of benzene rings is 2. The van der Waals surface area contributed by atoms with Gasteiger partial charge in [-0.2, -0.15) is 0 Å². The van der Waals surface area contributed by atoms with Crippen molar-refractivity contribution in [1.82, 2.24) is 10.2 Å². The van der Waals surface area contributed by atoms with E-state index >= 15 is 0 Å². The van der Waals surface area contributed by atoms with Crippen molar-refractivity contribution in [3.63, 3.8) is 0 Å². The Morgan fingerprint density at radius 3 is 2.86 bits per heavy atom. The van der Waals surface area contributed by atoms with E-state index < -0.39 is 5.97 Å². The largest absolute Gasteiger partial charge is 0.481 e. The first-order valence-corrected chi connectivity index (χ1v) is 7.95. The van der Waals surface area contributed by atoms with E-state index in [1.54, 1.807) is 0 Å². The van der Waals surface area contributed by atoms with Crippen molar-refractivity contribution in [3.05, 3.63) is 42.5 Å². The van der Waals surface area contributed by atoms with Gasteiger partial charge < -0.3 is 10.4 Å². The lowest BCUT2D eigenvalue weighted by molar-refractivity contribution is -0.133. The molecule has 0 spiro atoms. The van der Waals surface area contributed by atoms with Gasteiger partial charge in [0.1, 0.15) is 0 Å². The summed E-state index contributed by atoms with van der Waals surface area (Å²) in [5.74, 6) is -0.873. The molecule has 106 valence electrons. The maximum atomic E-state index is 10.5. The van der Waals surface area contributed by atoms with Gasteiger partial charge in [0, 0.05) is 11.1 Å². The number of rotatable bonds is 5. The van der Waals surface area contributed by atoms with Gasteiger partial charge in [0.15, 0.2) is 4.34 Å². The molecule has 5 nitrogen and oxygen atoms in total. The molecule has 0 saturated carbocycles. The molecule has 0 amide bonds. The highest BCUT2D eigenvalue weighted by Crippen LogP contribution is 2.30. The first-order valence-electron chi connectivity index (χ1n) is 6.15. The van der Waals surface area contributed by atoms with Gasteiger partial charge in [-0.1, -0.05) is 59.5 Å². The van der Waals surface area contributed by atoms with E-state index in [4.69, 9.17) is 5.11 Å². The van der Waals surface area contributed by atoms with Gasteiger partial charge in [0.05, 0.1) is 5.75 Å². The summed E-state index contributed by atoms with van der Waals surface area (Å²) < 4.78 is 0.639. The molecule has 0 saturated heterocycles. The Balaban J connectivity index is 1.81. The number of nitrogens with zero attached hydrogens (tertiary/aromatic N) is 2. The van der Waals surface area contributed by atoms with Crippen LogP contribution in [-0.4, -0.2) is 27.0 Å². The highest BCUT2D eigenvalue weighted by atomic mass is 32.2. The summed E-state index contributed by atoms with van der Waals surface area (Å²) in [5.41, 5.74) is 0.957. The zero-order valence-electron chi connectivity index (χ0n) is 10.8. The minimum absolute atomic E-state index is 0.0110. The molecule has 0 atom stereocenters. The molecule has 7 heteroatoms. The molecular formula is C14H11N3O2S2. The number of fused-ring (bicyclic) bond motifs is 1. The number of hydrogen-bond donors (Lipinski definition) is 2. The van der Waals surface area contributed by atoms with E-state index in [-0.39, 0.29) is 5.75 Å². The standard InChI is InChI=1S/C14H11N3O2S2/c18-12(19)8-20-14-17-16-13(21-14)15-11-7-3-5-9-4-1-2-6-10(9)11/h1-7H,8H2,(H,15,16)(H,18,19). The molecule has 1 heterocycles. The summed E-state index contributed by atoms with van der Waals surface area (Å²) in [4.78, 5) is 10.5. The first-order chi connectivity index (χ1) is 10.2. The van der Waals surface area contributed by atoms with Gasteiger partial charge in [0.25, 0.3) is 0 Å². The monoisotopic (exact) mass is 317 g/mol. The lowest BCUT2D eigenvalue weighted by Gasteiger charge is -2.06. The predicted octanol–water partition coefficient (Wildman–Crippen LogP) is 3.61. The van der Waals surface area contributed by atoms with Crippen molar-refractivity contribution < 1.29 is 9.90 Å². The van der Waals surface area contributed by atoms with Crippen LogP contribution in [0.4, 0.5) is 10.8 Å². The summed E-state index contributed by atoms with van der Waals surface area (Å²) in [6.45, 7) is 0. The van der Waals surface area contributed by atoms with Crippen molar-refractivity contribution in [2.75, 3.05) is 11.1 Å². The average Bonchev–Trinajstić information content (AvgIpc) is 2.93. The smallest absolute Gasteiger partial charge is 0.313 e. The second-order valence-electron chi connectivity index (χ2n) is 4.21. The molecule has 0 fully saturated rings. The summed E-state index contributed by atoms with van der Waals surface area (Å²) in [7, 11) is 0. The van der Waals surface area contributed by atoms with Crippen LogP contribution in [-0.2, 0) is 4.79 Å². The normalized spacial score (nSPS) is 10.7. The fourth-order valence-corrected chi connectivity index (χ4v) is 3.38. The lowest BCUT2D eigenvalue weighted by Crippen LogP contribution is -1.96. The molecule has 3 aromatic rings. The highest BCUT2D eigenvalue weighted by Gasteiger charge is 2.08. The van der Waals surface area contributed by atoms with Crippen molar-refractivity contribution in [1.29, 1.82) is 0 Å². The quantitative estimate of drug-likeness (QED) is 0.700. The Hall–Kier alpha value is -2.12. The third kappa shape index (κ3) is 3.32. The molecule has 0 unspecified atom stereocenters. The van der Waals surface area contributed by atoms with Crippen LogP contribution in [0.3, 0.4) is 0 Å². The maximum absolute atomic E-state index is 10.5. The number of carbonyl (C=O) groups is 1. The third-order valence-corrected chi connectivity index (χ3v) is 4.71. The fourth-order valence-electron chi connectivity index (χ4n) is 1.89. The van der Waals surface area contributed by atoms with E-state index in [9.17, 15) is 4.79 Å². The van der Waals surface area contributed by atoms with Gasteiger partial charge in [-0.3, -0.25) is 4.79 Å². The number of anilines is 2. The zero-order chi connectivity index (χ0) is 14.7. The fraction of sp³-hybridized carbons (Fsp3) is 0.0714. The van der Waals surface area contributed by atoms with Gasteiger partial charge in [-0.05, 0) is 11.5 Å². The summed E-state index contributed by atoms with van der Waals surface area (Å²) >= 11 is 2.51. The van der Waals surface area contributed by atoms with Crippen LogP contribution in [0.2, 0.25) is 0 Å². The predicted molar refractivity (Wildman–Crippen MR) is 85.5 cm³/mol. The Morgan fingerprint density at radius 2 is 2.00 bits per heavy atom. The van der Waals surface area contributed by atoms with Gasteiger partial charge in [0.2, 0.25) is 5.13 Å². The Bertz CT molecular complexity index is 783. The number of aromatic nitrogens is 2. The molecule has 0 aliphatic rings. The van der Waals surface area contributed by atoms with Crippen LogP contribution in [0, 0.1) is 0 Å². The van der Waals surface area contributed by atoms with Gasteiger partial charge >= 0.3 is 5.97 Å². The number of carboxylic acids is 1. The van der Waals surface area contributed by atoms with E-state index in [0.29, 0.717) is 9.47 Å². The third-order valence-electron chi connectivity index (χ3n) is 2.76. The molecule has 21 heavy (non-hydrogen) atoms. The van der Waals surface area contributed by atoms with Crippen LogP contribution in [0.15, 0.2) is 46.8 Å². The lowest BCUT2D eigenvalue weighted by atomic mass is 10.1. The Labute approximate surface area is 129 Å². The molecule has 2 aromatic carbocycles. The van der Waals surface area contributed by atoms with E-state index in [2.05, 4.69) is 27.6 Å². The highest BCUT2D eigenvalue weighted by molar-refractivity contribution is 8.01. The summed E-state index contributed by atoms with van der Waals surface area (Å²) in [6, 6.07) is 14.1. The van der Waals surface area contributed by atoms with Crippen LogP contribution in [0.1, 0.15) is 0 Å². The number of aliphatic carboxylic acids is 1. The molecule has 0 aliphatic carbocycles. The molecule has 0 aliphatic heterocycles. The Kier molecular flexibility index (Phi) is 4.03. The summed E-state index contributed by atoms with van der Waals surface area (Å²) in [5, 5.41) is 22.8. The van der Waals surface area contributed by atoms with Gasteiger partial charge in [-0.25, -0.2) is 0 Å². The molecule has 0 bridgehead atoms. The maximum Gasteiger partial charge on any atom is 0.313 e. The van der Waals surface area contributed by atoms with E-state index in [1.807, 2.05) is 30.3 Å². The minimum Gasteiger partial charge on any atom is -0.481 e. The second kappa shape index (κ2) is 6.11. The number of carboxylic acid groups (broad SMARTS) is 1.